The van der Waals surface area contributed by atoms with Crippen molar-refractivity contribution in [1.29, 1.82) is 0 Å². The molecule has 1 amide bonds. The SMILES string of the molecule is O=C(O)CCCNCC1CCC(=O)N1. The van der Waals surface area contributed by atoms with Gasteiger partial charge in [0.15, 0.2) is 0 Å². The maximum Gasteiger partial charge on any atom is 0.303 e. The molecular formula is C9H16N2O3. The summed E-state index contributed by atoms with van der Waals surface area (Å²) in [7, 11) is 0. The number of hydrogen-bond donors (Lipinski definition) is 3. The lowest BCUT2D eigenvalue weighted by molar-refractivity contribution is -0.137. The highest BCUT2D eigenvalue weighted by atomic mass is 16.4. The first-order valence-corrected chi connectivity index (χ1v) is 4.90. The Morgan fingerprint density at radius 3 is 3.00 bits per heavy atom. The van der Waals surface area contributed by atoms with Crippen LogP contribution in [0.15, 0.2) is 0 Å². The van der Waals surface area contributed by atoms with Crippen LogP contribution in [-0.4, -0.2) is 36.1 Å². The summed E-state index contributed by atoms with van der Waals surface area (Å²) < 4.78 is 0. The third kappa shape index (κ3) is 4.23. The van der Waals surface area contributed by atoms with E-state index >= 15 is 0 Å². The lowest BCUT2D eigenvalue weighted by Gasteiger charge is -2.10. The quantitative estimate of drug-likeness (QED) is 0.515. The molecule has 1 heterocycles. The highest BCUT2D eigenvalue weighted by Gasteiger charge is 2.19. The number of carbonyl (C=O) groups is 2. The minimum Gasteiger partial charge on any atom is -0.481 e. The van der Waals surface area contributed by atoms with E-state index in [1.165, 1.54) is 0 Å². The van der Waals surface area contributed by atoms with Gasteiger partial charge in [-0.15, -0.1) is 0 Å². The van der Waals surface area contributed by atoms with Crippen molar-refractivity contribution in [2.45, 2.75) is 31.7 Å². The van der Waals surface area contributed by atoms with Gasteiger partial charge in [-0.3, -0.25) is 9.59 Å². The van der Waals surface area contributed by atoms with Crippen molar-refractivity contribution in [2.75, 3.05) is 13.1 Å². The van der Waals surface area contributed by atoms with Gasteiger partial charge in [0, 0.05) is 25.4 Å². The minimum atomic E-state index is -0.763. The first kappa shape index (κ1) is 11.0. The molecule has 1 saturated heterocycles. The first-order valence-electron chi connectivity index (χ1n) is 4.90. The van der Waals surface area contributed by atoms with E-state index in [2.05, 4.69) is 10.6 Å². The zero-order valence-corrected chi connectivity index (χ0v) is 8.08. The van der Waals surface area contributed by atoms with Gasteiger partial charge in [-0.25, -0.2) is 0 Å². The maximum absolute atomic E-state index is 10.8. The molecule has 0 aromatic rings. The zero-order chi connectivity index (χ0) is 10.4. The van der Waals surface area contributed by atoms with Crippen LogP contribution < -0.4 is 10.6 Å². The van der Waals surface area contributed by atoms with Crippen molar-refractivity contribution in [1.82, 2.24) is 10.6 Å². The lowest BCUT2D eigenvalue weighted by Crippen LogP contribution is -2.36. The Hall–Kier alpha value is -1.10. The highest BCUT2D eigenvalue weighted by Crippen LogP contribution is 2.04. The molecule has 1 aliphatic heterocycles. The summed E-state index contributed by atoms with van der Waals surface area (Å²) in [4.78, 5) is 21.0. The summed E-state index contributed by atoms with van der Waals surface area (Å²) in [6, 6.07) is 0.229. The van der Waals surface area contributed by atoms with E-state index in [1.54, 1.807) is 0 Å². The Morgan fingerprint density at radius 1 is 1.64 bits per heavy atom. The van der Waals surface area contributed by atoms with Crippen LogP contribution in [0.1, 0.15) is 25.7 Å². The topological polar surface area (TPSA) is 78.4 Å². The van der Waals surface area contributed by atoms with Crippen molar-refractivity contribution in [3.63, 3.8) is 0 Å². The van der Waals surface area contributed by atoms with E-state index in [9.17, 15) is 9.59 Å². The molecule has 0 radical (unpaired) electrons. The van der Waals surface area contributed by atoms with Crippen LogP contribution in [-0.2, 0) is 9.59 Å². The molecule has 5 nitrogen and oxygen atoms in total. The fourth-order valence-corrected chi connectivity index (χ4v) is 1.47. The van der Waals surface area contributed by atoms with Gasteiger partial charge in [0.1, 0.15) is 0 Å². The minimum absolute atomic E-state index is 0.113. The van der Waals surface area contributed by atoms with Crippen LogP contribution in [0, 0.1) is 0 Å². The molecule has 3 N–H and O–H groups in total. The van der Waals surface area contributed by atoms with Gasteiger partial charge in [0.2, 0.25) is 5.91 Å². The predicted octanol–water partition coefficient (Wildman–Crippen LogP) is -0.281. The molecule has 14 heavy (non-hydrogen) atoms. The van der Waals surface area contributed by atoms with E-state index < -0.39 is 5.97 Å². The zero-order valence-electron chi connectivity index (χ0n) is 8.08. The summed E-state index contributed by atoms with van der Waals surface area (Å²) in [5.41, 5.74) is 0. The summed E-state index contributed by atoms with van der Waals surface area (Å²) in [6.07, 6.45) is 2.33. The van der Waals surface area contributed by atoms with Crippen molar-refractivity contribution in [3.8, 4) is 0 Å². The summed E-state index contributed by atoms with van der Waals surface area (Å²) in [5.74, 6) is -0.650. The second kappa shape index (κ2) is 5.59. The highest BCUT2D eigenvalue weighted by molar-refractivity contribution is 5.78. The van der Waals surface area contributed by atoms with Crippen LogP contribution in [0.3, 0.4) is 0 Å². The molecule has 0 spiro atoms. The molecule has 5 heteroatoms. The number of carbonyl (C=O) groups excluding carboxylic acids is 1. The summed E-state index contributed by atoms with van der Waals surface area (Å²) in [5, 5.41) is 14.3. The Bertz CT molecular complexity index is 218. The molecule has 1 fully saturated rings. The van der Waals surface area contributed by atoms with Crippen molar-refractivity contribution >= 4 is 11.9 Å². The van der Waals surface area contributed by atoms with Gasteiger partial charge in [-0.2, -0.15) is 0 Å². The van der Waals surface area contributed by atoms with E-state index in [-0.39, 0.29) is 18.4 Å². The molecule has 80 valence electrons. The van der Waals surface area contributed by atoms with E-state index in [0.29, 0.717) is 19.4 Å². The lowest BCUT2D eigenvalue weighted by atomic mass is 10.2. The number of aliphatic carboxylic acids is 1. The third-order valence-electron chi connectivity index (χ3n) is 2.22. The monoisotopic (exact) mass is 200 g/mol. The molecule has 0 saturated carbocycles. The Labute approximate surface area is 82.9 Å². The molecule has 1 aliphatic rings. The van der Waals surface area contributed by atoms with Crippen LogP contribution >= 0.6 is 0 Å². The van der Waals surface area contributed by atoms with Crippen LogP contribution in [0.2, 0.25) is 0 Å². The Balaban J connectivity index is 1.94. The molecular weight excluding hydrogens is 184 g/mol. The molecule has 1 atom stereocenters. The average Bonchev–Trinajstić information content (AvgIpc) is 2.50. The number of nitrogens with one attached hydrogen (secondary N) is 2. The first-order chi connectivity index (χ1) is 6.68. The summed E-state index contributed by atoms with van der Waals surface area (Å²) >= 11 is 0. The van der Waals surface area contributed by atoms with Crippen molar-refractivity contribution in [2.24, 2.45) is 0 Å². The maximum atomic E-state index is 10.8. The molecule has 1 unspecified atom stereocenters. The molecule has 1 rings (SSSR count). The van der Waals surface area contributed by atoms with Gasteiger partial charge in [-0.1, -0.05) is 0 Å². The smallest absolute Gasteiger partial charge is 0.303 e. The average molecular weight is 200 g/mol. The number of carboxylic acid groups (broad SMARTS) is 1. The second-order valence-corrected chi connectivity index (χ2v) is 3.50. The molecule has 0 aromatic carbocycles. The van der Waals surface area contributed by atoms with Gasteiger partial charge < -0.3 is 15.7 Å². The number of rotatable bonds is 6. The molecule has 0 bridgehead atoms. The van der Waals surface area contributed by atoms with Crippen LogP contribution in [0.4, 0.5) is 0 Å². The van der Waals surface area contributed by atoms with E-state index in [1.807, 2.05) is 0 Å². The van der Waals surface area contributed by atoms with Gasteiger partial charge in [0.25, 0.3) is 0 Å². The largest absolute Gasteiger partial charge is 0.481 e. The summed E-state index contributed by atoms with van der Waals surface area (Å²) in [6.45, 7) is 1.43. The Kier molecular flexibility index (Phi) is 4.39. The third-order valence-corrected chi connectivity index (χ3v) is 2.22. The van der Waals surface area contributed by atoms with Crippen LogP contribution in [0.25, 0.3) is 0 Å². The fraction of sp³-hybridized carbons (Fsp3) is 0.778. The predicted molar refractivity (Wildman–Crippen MR) is 50.9 cm³/mol. The number of carboxylic acids is 1. The van der Waals surface area contributed by atoms with E-state index in [4.69, 9.17) is 5.11 Å². The van der Waals surface area contributed by atoms with Crippen molar-refractivity contribution < 1.29 is 14.7 Å². The van der Waals surface area contributed by atoms with E-state index in [0.717, 1.165) is 13.0 Å². The fourth-order valence-electron chi connectivity index (χ4n) is 1.47. The van der Waals surface area contributed by atoms with Gasteiger partial charge in [-0.05, 0) is 19.4 Å². The molecule has 0 aromatic heterocycles. The van der Waals surface area contributed by atoms with Gasteiger partial charge in [0.05, 0.1) is 0 Å². The van der Waals surface area contributed by atoms with Crippen LogP contribution in [0.5, 0.6) is 0 Å². The number of hydrogen-bond acceptors (Lipinski definition) is 3. The molecule has 0 aliphatic carbocycles. The Morgan fingerprint density at radius 2 is 2.43 bits per heavy atom. The van der Waals surface area contributed by atoms with Crippen molar-refractivity contribution in [3.05, 3.63) is 0 Å². The second-order valence-electron chi connectivity index (χ2n) is 3.50. The standard InChI is InChI=1S/C9H16N2O3/c12-8-4-3-7(11-8)6-10-5-1-2-9(13)14/h7,10H,1-6H2,(H,11,12)(H,13,14). The number of amides is 1. The van der Waals surface area contributed by atoms with Gasteiger partial charge >= 0.3 is 5.97 Å². The normalized spacial score (nSPS) is 20.9.